The van der Waals surface area contributed by atoms with Crippen molar-refractivity contribution >= 4 is 17.7 Å². The van der Waals surface area contributed by atoms with Crippen LogP contribution in [0.4, 0.5) is 5.69 Å². The first kappa shape index (κ1) is 17.7. The molecule has 1 amide bonds. The molecule has 2 aromatic carbocycles. The van der Waals surface area contributed by atoms with Crippen LogP contribution in [0.5, 0.6) is 5.75 Å². The SMILES string of the molecule is COc1ccc(CN(C(=O)/C=C/c2ccc([N+](=O)[O-])cc2)C2CC2)cc1. The average Bonchev–Trinajstić information content (AvgIpc) is 3.50. The number of nitrogens with zero attached hydrogens (tertiary/aromatic N) is 2. The second-order valence-corrected chi connectivity index (χ2v) is 6.23. The fourth-order valence-electron chi connectivity index (χ4n) is 2.67. The van der Waals surface area contributed by atoms with Gasteiger partial charge in [0.1, 0.15) is 5.75 Å². The van der Waals surface area contributed by atoms with Gasteiger partial charge in [-0.2, -0.15) is 0 Å². The number of hydrogen-bond donors (Lipinski definition) is 0. The Labute approximate surface area is 151 Å². The molecule has 134 valence electrons. The summed E-state index contributed by atoms with van der Waals surface area (Å²) in [4.78, 5) is 24.7. The number of carbonyl (C=O) groups is 1. The highest BCUT2D eigenvalue weighted by molar-refractivity contribution is 5.92. The van der Waals surface area contributed by atoms with E-state index in [4.69, 9.17) is 4.74 Å². The Morgan fingerprint density at radius 2 is 1.85 bits per heavy atom. The highest BCUT2D eigenvalue weighted by Gasteiger charge is 2.31. The molecule has 3 rings (SSSR count). The third-order valence-electron chi connectivity index (χ3n) is 4.30. The van der Waals surface area contributed by atoms with Crippen molar-refractivity contribution in [1.29, 1.82) is 0 Å². The molecule has 0 aliphatic heterocycles. The molecule has 0 spiro atoms. The predicted molar refractivity (Wildman–Crippen MR) is 98.7 cm³/mol. The first-order valence-corrected chi connectivity index (χ1v) is 8.43. The molecule has 0 unspecified atom stereocenters. The number of nitro groups is 1. The Kier molecular flexibility index (Phi) is 5.31. The number of non-ortho nitro benzene ring substituents is 1. The molecule has 2 aromatic rings. The summed E-state index contributed by atoms with van der Waals surface area (Å²) in [7, 11) is 1.62. The summed E-state index contributed by atoms with van der Waals surface area (Å²) in [5, 5.41) is 10.7. The number of rotatable bonds is 7. The van der Waals surface area contributed by atoms with Crippen molar-refractivity contribution < 1.29 is 14.5 Å². The molecular formula is C20H20N2O4. The molecule has 0 bridgehead atoms. The molecule has 26 heavy (non-hydrogen) atoms. The van der Waals surface area contributed by atoms with Gasteiger partial charge in [-0.1, -0.05) is 12.1 Å². The maximum absolute atomic E-state index is 12.6. The van der Waals surface area contributed by atoms with E-state index >= 15 is 0 Å². The number of benzene rings is 2. The van der Waals surface area contributed by atoms with Crippen LogP contribution in [0.2, 0.25) is 0 Å². The Bertz CT molecular complexity index is 809. The molecule has 1 aliphatic carbocycles. The van der Waals surface area contributed by atoms with Crippen LogP contribution in [0.15, 0.2) is 54.6 Å². The fraction of sp³-hybridized carbons (Fsp3) is 0.250. The number of nitro benzene ring substituents is 1. The van der Waals surface area contributed by atoms with Crippen molar-refractivity contribution in [1.82, 2.24) is 4.90 Å². The zero-order valence-corrected chi connectivity index (χ0v) is 14.5. The van der Waals surface area contributed by atoms with Crippen LogP contribution in [0, 0.1) is 10.1 Å². The monoisotopic (exact) mass is 352 g/mol. The largest absolute Gasteiger partial charge is 0.497 e. The highest BCUT2D eigenvalue weighted by Crippen LogP contribution is 2.29. The number of hydrogen-bond acceptors (Lipinski definition) is 4. The first-order chi connectivity index (χ1) is 12.6. The quantitative estimate of drug-likeness (QED) is 0.431. The van der Waals surface area contributed by atoms with Crippen molar-refractivity contribution in [2.75, 3.05) is 7.11 Å². The van der Waals surface area contributed by atoms with Crippen LogP contribution in [-0.4, -0.2) is 28.9 Å². The summed E-state index contributed by atoms with van der Waals surface area (Å²) in [6.45, 7) is 0.554. The lowest BCUT2D eigenvalue weighted by Crippen LogP contribution is -2.31. The average molecular weight is 352 g/mol. The summed E-state index contributed by atoms with van der Waals surface area (Å²) < 4.78 is 5.16. The van der Waals surface area contributed by atoms with Crippen molar-refractivity contribution in [2.45, 2.75) is 25.4 Å². The van der Waals surface area contributed by atoms with Crippen molar-refractivity contribution in [2.24, 2.45) is 0 Å². The van der Waals surface area contributed by atoms with E-state index in [1.165, 1.54) is 18.2 Å². The van der Waals surface area contributed by atoms with E-state index < -0.39 is 4.92 Å². The lowest BCUT2D eigenvalue weighted by molar-refractivity contribution is -0.384. The van der Waals surface area contributed by atoms with Gasteiger partial charge in [-0.15, -0.1) is 0 Å². The molecule has 0 atom stereocenters. The van der Waals surface area contributed by atoms with Gasteiger partial charge >= 0.3 is 0 Å². The molecule has 0 aromatic heterocycles. The van der Waals surface area contributed by atoms with E-state index in [1.54, 1.807) is 25.3 Å². The maximum atomic E-state index is 12.6. The van der Waals surface area contributed by atoms with Gasteiger partial charge in [-0.25, -0.2) is 0 Å². The third kappa shape index (κ3) is 4.47. The van der Waals surface area contributed by atoms with Gasteiger partial charge in [0, 0.05) is 30.8 Å². The minimum atomic E-state index is -0.442. The minimum Gasteiger partial charge on any atom is -0.497 e. The summed E-state index contributed by atoms with van der Waals surface area (Å²) in [5.74, 6) is 0.734. The van der Waals surface area contributed by atoms with Crippen LogP contribution in [0.3, 0.4) is 0 Å². The second kappa shape index (κ2) is 7.82. The second-order valence-electron chi connectivity index (χ2n) is 6.23. The van der Waals surface area contributed by atoms with Crippen LogP contribution in [0.1, 0.15) is 24.0 Å². The van der Waals surface area contributed by atoms with Gasteiger partial charge in [0.25, 0.3) is 5.69 Å². The molecule has 1 saturated carbocycles. The van der Waals surface area contributed by atoms with E-state index in [0.29, 0.717) is 6.54 Å². The van der Waals surface area contributed by atoms with E-state index in [-0.39, 0.29) is 17.6 Å². The van der Waals surface area contributed by atoms with Crippen LogP contribution in [-0.2, 0) is 11.3 Å². The van der Waals surface area contributed by atoms with Crippen LogP contribution < -0.4 is 4.74 Å². The van der Waals surface area contributed by atoms with Crippen molar-refractivity contribution in [3.8, 4) is 5.75 Å². The summed E-state index contributed by atoms with van der Waals surface area (Å²) in [6.07, 6.45) is 5.26. The first-order valence-electron chi connectivity index (χ1n) is 8.43. The van der Waals surface area contributed by atoms with Crippen LogP contribution in [0.25, 0.3) is 6.08 Å². The zero-order chi connectivity index (χ0) is 18.5. The minimum absolute atomic E-state index is 0.0348. The molecule has 0 N–H and O–H groups in total. The zero-order valence-electron chi connectivity index (χ0n) is 14.5. The maximum Gasteiger partial charge on any atom is 0.269 e. The normalized spacial score (nSPS) is 13.6. The summed E-state index contributed by atoms with van der Waals surface area (Å²) in [6, 6.07) is 14.1. The molecule has 6 nitrogen and oxygen atoms in total. The standard InChI is InChI=1S/C20H20N2O4/c1-26-19-11-4-16(5-12-19)14-21(17-9-10-17)20(23)13-6-15-2-7-18(8-3-15)22(24)25/h2-8,11-13,17H,9-10,14H2,1H3/b13-6+. The van der Waals surface area contributed by atoms with Gasteiger partial charge in [0.05, 0.1) is 12.0 Å². The van der Waals surface area contributed by atoms with E-state index in [2.05, 4.69) is 0 Å². The topological polar surface area (TPSA) is 72.7 Å². The highest BCUT2D eigenvalue weighted by atomic mass is 16.6. The van der Waals surface area contributed by atoms with Crippen molar-refractivity contribution in [3.05, 3.63) is 75.8 Å². The van der Waals surface area contributed by atoms with E-state index in [9.17, 15) is 14.9 Å². The van der Waals surface area contributed by atoms with E-state index in [1.807, 2.05) is 29.2 Å². The van der Waals surface area contributed by atoms with Gasteiger partial charge < -0.3 is 9.64 Å². The molecule has 0 radical (unpaired) electrons. The summed E-state index contributed by atoms with van der Waals surface area (Å²) >= 11 is 0. The lowest BCUT2D eigenvalue weighted by atomic mass is 10.1. The number of amides is 1. The van der Waals surface area contributed by atoms with Gasteiger partial charge in [-0.05, 0) is 54.3 Å². The Hall–Kier alpha value is -3.15. The number of carbonyl (C=O) groups excluding carboxylic acids is 1. The third-order valence-corrected chi connectivity index (χ3v) is 4.30. The molecule has 0 saturated heterocycles. The van der Waals surface area contributed by atoms with Gasteiger partial charge in [0.2, 0.25) is 5.91 Å². The Morgan fingerprint density at radius 1 is 1.19 bits per heavy atom. The van der Waals surface area contributed by atoms with Crippen LogP contribution >= 0.6 is 0 Å². The van der Waals surface area contributed by atoms with Crippen molar-refractivity contribution in [3.63, 3.8) is 0 Å². The van der Waals surface area contributed by atoms with Gasteiger partial charge in [0.15, 0.2) is 0 Å². The summed E-state index contributed by atoms with van der Waals surface area (Å²) in [5.41, 5.74) is 1.84. The van der Waals surface area contributed by atoms with Gasteiger partial charge in [-0.3, -0.25) is 14.9 Å². The number of ether oxygens (including phenoxy) is 1. The smallest absolute Gasteiger partial charge is 0.269 e. The molecule has 0 heterocycles. The molecular weight excluding hydrogens is 332 g/mol. The Morgan fingerprint density at radius 3 is 2.38 bits per heavy atom. The molecule has 1 fully saturated rings. The fourth-order valence-corrected chi connectivity index (χ4v) is 2.67. The molecule has 1 aliphatic rings. The lowest BCUT2D eigenvalue weighted by Gasteiger charge is -2.21. The predicted octanol–water partition coefficient (Wildman–Crippen LogP) is 3.81. The number of methoxy groups -OCH3 is 1. The van der Waals surface area contributed by atoms with E-state index in [0.717, 1.165) is 29.7 Å². The molecule has 6 heteroatoms. The Balaban J connectivity index is 1.67.